The van der Waals surface area contributed by atoms with Crippen LogP contribution in [0.4, 0.5) is 0 Å². The van der Waals surface area contributed by atoms with E-state index in [0.717, 1.165) is 17.7 Å². The minimum atomic E-state index is -0.240. The normalized spacial score (nSPS) is 23.7. The highest BCUT2D eigenvalue weighted by Crippen LogP contribution is 2.38. The zero-order chi connectivity index (χ0) is 10.3. The van der Waals surface area contributed by atoms with Gasteiger partial charge in [0, 0.05) is 12.0 Å². The van der Waals surface area contributed by atoms with Crippen molar-refractivity contribution >= 4 is 5.91 Å². The molecule has 3 rings (SSSR count). The van der Waals surface area contributed by atoms with Crippen LogP contribution in [-0.2, 0) is 9.53 Å². The van der Waals surface area contributed by atoms with Crippen LogP contribution in [0.1, 0.15) is 24.6 Å². The number of rotatable bonds is 1. The van der Waals surface area contributed by atoms with E-state index < -0.39 is 0 Å². The molecule has 3 heteroatoms. The monoisotopic (exact) mass is 201 g/mol. The van der Waals surface area contributed by atoms with E-state index in [1.807, 2.05) is 30.3 Å². The summed E-state index contributed by atoms with van der Waals surface area (Å²) >= 11 is 0. The van der Waals surface area contributed by atoms with Gasteiger partial charge in [-0.15, -0.1) is 0 Å². The van der Waals surface area contributed by atoms with Crippen molar-refractivity contribution in [3.8, 4) is 0 Å². The molecule has 1 amide bonds. The van der Waals surface area contributed by atoms with Crippen LogP contribution in [0.3, 0.4) is 0 Å². The van der Waals surface area contributed by atoms with Crippen LogP contribution in [0, 0.1) is 0 Å². The Balaban J connectivity index is 1.94. The standard InChI is InChI=1S/C12H11NO2/c14-11-7-6-10-8-15-12(13(10)11)9-4-2-1-3-5-9/h1-5,8,12H,6-7H2. The van der Waals surface area contributed by atoms with Crippen molar-refractivity contribution in [1.82, 2.24) is 4.90 Å². The number of hydrogen-bond acceptors (Lipinski definition) is 2. The van der Waals surface area contributed by atoms with Gasteiger partial charge in [0.15, 0.2) is 0 Å². The number of fused-ring (bicyclic) bond motifs is 1. The molecule has 15 heavy (non-hydrogen) atoms. The summed E-state index contributed by atoms with van der Waals surface area (Å²) in [5.41, 5.74) is 2.04. The number of allylic oxidation sites excluding steroid dienone is 1. The first-order valence-corrected chi connectivity index (χ1v) is 5.08. The minimum Gasteiger partial charge on any atom is -0.472 e. The van der Waals surface area contributed by atoms with Crippen molar-refractivity contribution in [2.45, 2.75) is 19.1 Å². The number of nitrogens with zero attached hydrogens (tertiary/aromatic N) is 1. The topological polar surface area (TPSA) is 29.5 Å². The van der Waals surface area contributed by atoms with Crippen molar-refractivity contribution < 1.29 is 9.53 Å². The van der Waals surface area contributed by atoms with E-state index in [2.05, 4.69) is 0 Å². The molecule has 1 unspecified atom stereocenters. The highest BCUT2D eigenvalue weighted by Gasteiger charge is 2.38. The van der Waals surface area contributed by atoms with Crippen molar-refractivity contribution in [2.75, 3.05) is 0 Å². The molecule has 0 bridgehead atoms. The number of carbonyl (C=O) groups excluding carboxylic acids is 1. The third kappa shape index (κ3) is 1.23. The summed E-state index contributed by atoms with van der Waals surface area (Å²) < 4.78 is 5.52. The lowest BCUT2D eigenvalue weighted by atomic mass is 10.2. The van der Waals surface area contributed by atoms with Crippen LogP contribution in [0.2, 0.25) is 0 Å². The van der Waals surface area contributed by atoms with Gasteiger partial charge in [0.1, 0.15) is 6.26 Å². The van der Waals surface area contributed by atoms with Gasteiger partial charge in [-0.3, -0.25) is 9.69 Å². The van der Waals surface area contributed by atoms with Gasteiger partial charge >= 0.3 is 0 Å². The van der Waals surface area contributed by atoms with E-state index in [9.17, 15) is 4.79 Å². The Bertz CT molecular complexity index is 425. The summed E-state index contributed by atoms with van der Waals surface area (Å²) in [7, 11) is 0. The second kappa shape index (κ2) is 3.12. The maximum atomic E-state index is 11.6. The lowest BCUT2D eigenvalue weighted by molar-refractivity contribution is -0.132. The average molecular weight is 201 g/mol. The summed E-state index contributed by atoms with van der Waals surface area (Å²) in [4.78, 5) is 13.4. The predicted octanol–water partition coefficient (Wildman–Crippen LogP) is 2.18. The number of benzene rings is 1. The highest BCUT2D eigenvalue weighted by atomic mass is 16.5. The summed E-state index contributed by atoms with van der Waals surface area (Å²) in [5, 5.41) is 0. The molecule has 0 N–H and O–H groups in total. The third-order valence-corrected chi connectivity index (χ3v) is 2.83. The molecule has 1 atom stereocenters. The number of carbonyl (C=O) groups is 1. The van der Waals surface area contributed by atoms with Gasteiger partial charge in [-0.2, -0.15) is 0 Å². The lowest BCUT2D eigenvalue weighted by Crippen LogP contribution is -2.25. The molecule has 0 aliphatic carbocycles. The van der Waals surface area contributed by atoms with E-state index in [0.29, 0.717) is 6.42 Å². The van der Waals surface area contributed by atoms with Gasteiger partial charge in [-0.1, -0.05) is 30.3 Å². The maximum Gasteiger partial charge on any atom is 0.230 e. The van der Waals surface area contributed by atoms with Crippen LogP contribution in [0.25, 0.3) is 0 Å². The molecule has 1 aromatic rings. The summed E-state index contributed by atoms with van der Waals surface area (Å²) in [5.74, 6) is 0.160. The fourth-order valence-electron chi connectivity index (χ4n) is 2.08. The molecule has 1 fully saturated rings. The predicted molar refractivity (Wildman–Crippen MR) is 54.4 cm³/mol. The van der Waals surface area contributed by atoms with Crippen LogP contribution < -0.4 is 0 Å². The van der Waals surface area contributed by atoms with Gasteiger partial charge < -0.3 is 4.74 Å². The largest absolute Gasteiger partial charge is 0.472 e. The Labute approximate surface area is 88.0 Å². The summed E-state index contributed by atoms with van der Waals surface area (Å²) in [6, 6.07) is 9.83. The second-order valence-corrected chi connectivity index (χ2v) is 3.77. The van der Waals surface area contributed by atoms with Crippen LogP contribution in [-0.4, -0.2) is 10.8 Å². The van der Waals surface area contributed by atoms with Crippen molar-refractivity contribution in [1.29, 1.82) is 0 Å². The average Bonchev–Trinajstić information content (AvgIpc) is 2.84. The molecule has 0 spiro atoms. The van der Waals surface area contributed by atoms with E-state index in [1.165, 1.54) is 0 Å². The molecule has 2 heterocycles. The van der Waals surface area contributed by atoms with Gasteiger partial charge in [0.25, 0.3) is 0 Å². The van der Waals surface area contributed by atoms with Crippen LogP contribution in [0.15, 0.2) is 42.3 Å². The second-order valence-electron chi connectivity index (χ2n) is 3.77. The van der Waals surface area contributed by atoms with Gasteiger partial charge in [0.05, 0.1) is 5.70 Å². The third-order valence-electron chi connectivity index (χ3n) is 2.83. The van der Waals surface area contributed by atoms with Gasteiger partial charge in [0.2, 0.25) is 12.1 Å². The molecule has 3 nitrogen and oxygen atoms in total. The van der Waals surface area contributed by atoms with Gasteiger partial charge in [-0.05, 0) is 6.42 Å². The Kier molecular flexibility index (Phi) is 1.78. The molecule has 76 valence electrons. The molecule has 0 aromatic heterocycles. The number of amides is 1. The number of hydrogen-bond donors (Lipinski definition) is 0. The first-order chi connectivity index (χ1) is 7.36. The Morgan fingerprint density at radius 2 is 2.00 bits per heavy atom. The Morgan fingerprint density at radius 1 is 1.20 bits per heavy atom. The highest BCUT2D eigenvalue weighted by molar-refractivity contribution is 5.82. The number of ether oxygens (including phenoxy) is 1. The molecular weight excluding hydrogens is 190 g/mol. The zero-order valence-corrected chi connectivity index (χ0v) is 8.22. The SMILES string of the molecule is O=C1CCC2=COC(c3ccccc3)N12. The molecule has 0 radical (unpaired) electrons. The maximum absolute atomic E-state index is 11.6. The lowest BCUT2D eigenvalue weighted by Gasteiger charge is -2.21. The first kappa shape index (κ1) is 8.53. The Hall–Kier alpha value is -1.77. The molecule has 1 saturated heterocycles. The van der Waals surface area contributed by atoms with Gasteiger partial charge in [-0.25, -0.2) is 0 Å². The fourth-order valence-corrected chi connectivity index (χ4v) is 2.08. The fraction of sp³-hybridized carbons (Fsp3) is 0.250. The zero-order valence-electron chi connectivity index (χ0n) is 8.22. The van der Waals surface area contributed by atoms with Crippen LogP contribution >= 0.6 is 0 Å². The van der Waals surface area contributed by atoms with Crippen molar-refractivity contribution in [3.63, 3.8) is 0 Å². The van der Waals surface area contributed by atoms with Crippen molar-refractivity contribution in [3.05, 3.63) is 47.9 Å². The van der Waals surface area contributed by atoms with E-state index in [4.69, 9.17) is 4.74 Å². The van der Waals surface area contributed by atoms with E-state index in [1.54, 1.807) is 11.2 Å². The Morgan fingerprint density at radius 3 is 2.80 bits per heavy atom. The first-order valence-electron chi connectivity index (χ1n) is 5.08. The summed E-state index contributed by atoms with van der Waals surface area (Å²) in [6.07, 6.45) is 2.89. The van der Waals surface area contributed by atoms with Crippen molar-refractivity contribution in [2.24, 2.45) is 0 Å². The molecule has 2 aliphatic heterocycles. The quantitative estimate of drug-likeness (QED) is 0.697. The molecule has 2 aliphatic rings. The molecule has 1 aromatic carbocycles. The molecule has 0 saturated carbocycles. The van der Waals surface area contributed by atoms with E-state index in [-0.39, 0.29) is 12.1 Å². The minimum absolute atomic E-state index is 0.160. The summed E-state index contributed by atoms with van der Waals surface area (Å²) in [6.45, 7) is 0. The molecular formula is C12H11NO2. The van der Waals surface area contributed by atoms with Crippen LogP contribution in [0.5, 0.6) is 0 Å². The smallest absolute Gasteiger partial charge is 0.230 e. The van der Waals surface area contributed by atoms with E-state index >= 15 is 0 Å².